The summed E-state index contributed by atoms with van der Waals surface area (Å²) in [6, 6.07) is 8.13. The summed E-state index contributed by atoms with van der Waals surface area (Å²) in [5.74, 6) is -6.78. The second-order valence-corrected chi connectivity index (χ2v) is 19.4. The minimum atomic E-state index is -1.59. The number of nitrogens with one attached hydrogen (secondary N) is 4. The number of carbonyl (C=O) groups is 9. The van der Waals surface area contributed by atoms with Crippen LogP contribution in [0.3, 0.4) is 0 Å². The van der Waals surface area contributed by atoms with Crippen molar-refractivity contribution < 1.29 is 53.4 Å². The third-order valence-corrected chi connectivity index (χ3v) is 13.9. The summed E-state index contributed by atoms with van der Waals surface area (Å²) in [5, 5.41) is 31.1. The molecule has 0 aliphatic carbocycles. The van der Waals surface area contributed by atoms with Gasteiger partial charge in [-0.15, -0.1) is 0 Å². The predicted octanol–water partition coefficient (Wildman–Crippen LogP) is -3.65. The summed E-state index contributed by atoms with van der Waals surface area (Å²) >= 11 is 0. The van der Waals surface area contributed by atoms with E-state index < -0.39 is 109 Å². The monoisotopic (exact) mass is 1070 g/mol. The van der Waals surface area contributed by atoms with Gasteiger partial charge in [0.25, 0.3) is 0 Å². The van der Waals surface area contributed by atoms with Crippen LogP contribution in [0.5, 0.6) is 0 Å². The number of likely N-dealkylation sites (tertiary alicyclic amines) is 3. The number of guanidine groups is 2. The van der Waals surface area contributed by atoms with Gasteiger partial charge in [0.05, 0.1) is 19.2 Å². The molecule has 77 heavy (non-hydrogen) atoms. The second-order valence-electron chi connectivity index (χ2n) is 19.4. The minimum absolute atomic E-state index is 0.00339. The Kier molecular flexibility index (Phi) is 22.9. The molecule has 0 aromatic heterocycles. The lowest BCUT2D eigenvalue weighted by Crippen LogP contribution is -2.60. The first-order valence-corrected chi connectivity index (χ1v) is 25.9. The quantitative estimate of drug-likeness (QED) is 0.0234. The van der Waals surface area contributed by atoms with E-state index in [1.807, 2.05) is 0 Å². The zero-order valence-corrected chi connectivity index (χ0v) is 43.5. The Bertz CT molecular complexity index is 2440. The standard InChI is InChI=1S/C51H75N15O11/c1-63(40(49(76)77)18-9-23-58-51(55)56)46(73)35(28-32-15-6-3-7-16-32)61-44(71)38-20-11-24-64(38)47(74)36(30-67)62-42(69)34(27-31-13-4-2-5-14-31)60-41(68)29-59-43(70)37-19-10-25-65(37)48(75)39-21-12-26-66(39)45(72)33(52)17-8-22-57-50(53)54/h2-7,13-16,33-40,67H,8-12,17-30,52H2,1H3,(H,59,70)(H,60,68)(H,61,71)(H,62,69)(H,76,77)(H4,53,54,57)(H4,55,56,58)/t33-,34-,35-,36-,37-,38-,39-,40-/m0/s1. The SMILES string of the molecule is CN(C(=O)[C@H](Cc1ccccc1)NC(=O)[C@@H]1CCCN1C(=O)[C@H](CO)NC(=O)[C@H](Cc1ccccc1)NC(=O)CNC(=O)[C@@H]1CCCN1C(=O)[C@@H]1CCCN1C(=O)[C@@H](N)CCCN=C(N)N)[C@@H](CCCN=C(N)N)C(=O)O. The Morgan fingerprint density at radius 2 is 1.16 bits per heavy atom. The molecule has 8 amide bonds. The number of carbonyl (C=O) groups excluding carboxylic acids is 8. The molecule has 0 radical (unpaired) electrons. The molecule has 3 aliphatic heterocycles. The van der Waals surface area contributed by atoms with Crippen LogP contribution in [-0.2, 0) is 56.0 Å². The highest BCUT2D eigenvalue weighted by Crippen LogP contribution is 2.26. The van der Waals surface area contributed by atoms with Crippen LogP contribution in [-0.4, -0.2) is 196 Å². The smallest absolute Gasteiger partial charge is 0.326 e. The number of nitrogens with zero attached hydrogens (tertiary/aromatic N) is 6. The number of hydrogen-bond acceptors (Lipinski definition) is 13. The molecule has 8 atom stereocenters. The Morgan fingerprint density at radius 1 is 0.649 bits per heavy atom. The summed E-state index contributed by atoms with van der Waals surface area (Å²) in [6.45, 7) is -0.433. The van der Waals surface area contributed by atoms with E-state index in [9.17, 15) is 53.4 Å². The van der Waals surface area contributed by atoms with Crippen LogP contribution in [0, 0.1) is 0 Å². The number of aliphatic carboxylic acids is 1. The van der Waals surface area contributed by atoms with E-state index in [4.69, 9.17) is 28.7 Å². The number of benzene rings is 2. The molecule has 420 valence electrons. The fourth-order valence-corrected chi connectivity index (χ4v) is 9.88. The number of carboxylic acid groups (broad SMARTS) is 1. The highest BCUT2D eigenvalue weighted by molar-refractivity contribution is 5.98. The van der Waals surface area contributed by atoms with Gasteiger partial charge in [0.2, 0.25) is 47.3 Å². The van der Waals surface area contributed by atoms with Crippen molar-refractivity contribution in [1.82, 2.24) is 40.9 Å². The van der Waals surface area contributed by atoms with Crippen molar-refractivity contribution in [2.24, 2.45) is 38.7 Å². The Morgan fingerprint density at radius 3 is 1.70 bits per heavy atom. The normalized spacial score (nSPS) is 18.9. The van der Waals surface area contributed by atoms with Crippen molar-refractivity contribution >= 4 is 65.1 Å². The van der Waals surface area contributed by atoms with Gasteiger partial charge in [0, 0.05) is 52.6 Å². The summed E-state index contributed by atoms with van der Waals surface area (Å²) < 4.78 is 0. The van der Waals surface area contributed by atoms with E-state index in [-0.39, 0.29) is 69.6 Å². The van der Waals surface area contributed by atoms with Crippen molar-refractivity contribution in [3.63, 3.8) is 0 Å². The summed E-state index contributed by atoms with van der Waals surface area (Å²) in [7, 11) is 1.32. The number of amides is 8. The van der Waals surface area contributed by atoms with Crippen molar-refractivity contribution in [1.29, 1.82) is 0 Å². The molecule has 0 bridgehead atoms. The lowest BCUT2D eigenvalue weighted by Gasteiger charge is -2.32. The van der Waals surface area contributed by atoms with Gasteiger partial charge in [-0.3, -0.25) is 48.3 Å². The van der Waals surface area contributed by atoms with E-state index in [2.05, 4.69) is 31.3 Å². The van der Waals surface area contributed by atoms with Crippen molar-refractivity contribution in [2.75, 3.05) is 52.9 Å². The molecule has 5 rings (SSSR count). The summed E-state index contributed by atoms with van der Waals surface area (Å²) in [4.78, 5) is 136. The molecule has 2 aromatic rings. The molecule has 3 aliphatic rings. The number of aliphatic imine (C=N–C) groups is 2. The molecular weight excluding hydrogens is 999 g/mol. The Hall–Kier alpha value is -7.87. The van der Waals surface area contributed by atoms with Gasteiger partial charge in [-0.05, 0) is 75.3 Å². The first-order valence-electron chi connectivity index (χ1n) is 25.9. The molecule has 3 heterocycles. The fourth-order valence-electron chi connectivity index (χ4n) is 9.88. The van der Waals surface area contributed by atoms with Crippen LogP contribution in [0.15, 0.2) is 70.6 Å². The van der Waals surface area contributed by atoms with Crippen LogP contribution in [0.4, 0.5) is 0 Å². The summed E-state index contributed by atoms with van der Waals surface area (Å²) in [5.41, 5.74) is 29.0. The van der Waals surface area contributed by atoms with Gasteiger partial charge >= 0.3 is 5.97 Å². The average Bonchev–Trinajstić information content (AvgIpc) is 4.23. The van der Waals surface area contributed by atoms with E-state index in [1.165, 1.54) is 21.7 Å². The van der Waals surface area contributed by atoms with Gasteiger partial charge in [-0.25, -0.2) is 4.79 Å². The zero-order chi connectivity index (χ0) is 56.2. The maximum atomic E-state index is 14.2. The van der Waals surface area contributed by atoms with Crippen LogP contribution < -0.4 is 49.9 Å². The molecule has 0 unspecified atom stereocenters. The Balaban J connectivity index is 1.22. The van der Waals surface area contributed by atoms with Gasteiger partial charge in [0.15, 0.2) is 11.9 Å². The molecule has 0 saturated carbocycles. The molecule has 16 N–H and O–H groups in total. The van der Waals surface area contributed by atoms with Gasteiger partial charge in [-0.1, -0.05) is 60.7 Å². The van der Waals surface area contributed by atoms with Crippen LogP contribution in [0.2, 0.25) is 0 Å². The van der Waals surface area contributed by atoms with E-state index in [1.54, 1.807) is 60.7 Å². The van der Waals surface area contributed by atoms with Crippen LogP contribution in [0.1, 0.15) is 75.3 Å². The lowest BCUT2D eigenvalue weighted by atomic mass is 10.0. The maximum Gasteiger partial charge on any atom is 0.326 e. The number of likely N-dealkylation sites (N-methyl/N-ethyl adjacent to an activating group) is 1. The molecular formula is C51H75N15O11. The molecule has 26 heteroatoms. The van der Waals surface area contributed by atoms with Crippen molar-refractivity contribution in [3.8, 4) is 0 Å². The van der Waals surface area contributed by atoms with E-state index >= 15 is 0 Å². The first-order chi connectivity index (χ1) is 36.8. The highest BCUT2D eigenvalue weighted by atomic mass is 16.4. The number of aliphatic hydroxyl groups is 1. The van der Waals surface area contributed by atoms with Crippen LogP contribution in [0.25, 0.3) is 0 Å². The fraction of sp³-hybridized carbons (Fsp3) is 0.549. The first kappa shape index (κ1) is 60.0. The number of nitrogens with two attached hydrogens (primary N) is 5. The number of aliphatic hydroxyl groups excluding tert-OH is 1. The third kappa shape index (κ3) is 17.3. The maximum absolute atomic E-state index is 14.2. The highest BCUT2D eigenvalue weighted by Gasteiger charge is 2.44. The topological polar surface area (TPSA) is 410 Å². The summed E-state index contributed by atoms with van der Waals surface area (Å²) in [6.07, 6.45) is 3.18. The average molecular weight is 1070 g/mol. The molecule has 0 spiro atoms. The van der Waals surface area contributed by atoms with Gasteiger partial charge in [-0.2, -0.15) is 0 Å². The zero-order valence-electron chi connectivity index (χ0n) is 43.5. The second kappa shape index (κ2) is 29.4. The van der Waals surface area contributed by atoms with Gasteiger partial charge in [0.1, 0.15) is 42.3 Å². The van der Waals surface area contributed by atoms with E-state index in [0.717, 1.165) is 4.90 Å². The Labute approximate surface area is 446 Å². The molecule has 2 aromatic carbocycles. The molecule has 26 nitrogen and oxygen atoms in total. The predicted molar refractivity (Wildman–Crippen MR) is 282 cm³/mol. The lowest BCUT2D eigenvalue weighted by molar-refractivity contribution is -0.151. The number of rotatable bonds is 27. The van der Waals surface area contributed by atoms with Gasteiger partial charge < -0.3 is 79.7 Å². The molecule has 3 fully saturated rings. The minimum Gasteiger partial charge on any atom is -0.480 e. The largest absolute Gasteiger partial charge is 0.480 e. The molecule has 3 saturated heterocycles. The third-order valence-electron chi connectivity index (χ3n) is 13.9. The van der Waals surface area contributed by atoms with Crippen molar-refractivity contribution in [2.45, 2.75) is 125 Å². The number of hydrogen-bond donors (Lipinski definition) is 11. The van der Waals surface area contributed by atoms with Crippen LogP contribution >= 0.6 is 0 Å². The van der Waals surface area contributed by atoms with E-state index in [0.29, 0.717) is 69.2 Å². The van der Waals surface area contributed by atoms with Crippen molar-refractivity contribution in [3.05, 3.63) is 71.8 Å². The number of carboxylic acids is 1.